The second kappa shape index (κ2) is 17.6. The molecule has 21 nitrogen and oxygen atoms in total. The van der Waals surface area contributed by atoms with Crippen molar-refractivity contribution in [1.82, 2.24) is 15.0 Å². The fourth-order valence-corrected chi connectivity index (χ4v) is 7.82. The standard InChI is InChI=1S/C37H32ClN11O10S3/c1-4-49(24-7-6-8-25(18-24)60(52,53)5-2)37-43-35(38)42-36(44-37)41-22-10-13-28(30(16-22)40-20(3)50)46-45-23-11-14-29(32(17-23)62(57,58)59)47-48-34-27(39)12-9-21-15-26(61(54,55)56)19-31(51)33(21)34/h5-19,51H,2,4,39H2,1,3H3,(H,40,50)(H,54,55,56)(H,57,58,59)(H,41,42,43,44). The molecule has 0 saturated heterocycles. The number of amides is 1. The summed E-state index contributed by atoms with van der Waals surface area (Å²) in [5.41, 5.74) is 6.39. The van der Waals surface area contributed by atoms with Gasteiger partial charge in [-0.1, -0.05) is 18.7 Å². The number of phenols is 1. The third-order valence-electron chi connectivity index (χ3n) is 8.52. The van der Waals surface area contributed by atoms with Gasteiger partial charge in [-0.25, -0.2) is 8.42 Å². The van der Waals surface area contributed by atoms with Gasteiger partial charge >= 0.3 is 0 Å². The Morgan fingerprint density at radius 1 is 0.855 bits per heavy atom. The van der Waals surface area contributed by atoms with E-state index in [9.17, 15) is 44.3 Å². The number of azo groups is 2. The van der Waals surface area contributed by atoms with E-state index >= 15 is 0 Å². The fraction of sp³-hybridized carbons (Fsp3) is 0.0811. The van der Waals surface area contributed by atoms with Crippen LogP contribution in [0.25, 0.3) is 10.8 Å². The van der Waals surface area contributed by atoms with E-state index in [-0.39, 0.29) is 67.0 Å². The lowest BCUT2D eigenvalue weighted by Gasteiger charge is -2.22. The lowest BCUT2D eigenvalue weighted by Crippen LogP contribution is -2.20. The normalized spacial score (nSPS) is 12.2. The van der Waals surface area contributed by atoms with E-state index in [0.717, 1.165) is 29.7 Å². The summed E-state index contributed by atoms with van der Waals surface area (Å²) in [7, 11) is -13.4. The minimum Gasteiger partial charge on any atom is -0.507 e. The Hall–Kier alpha value is -6.96. The molecule has 7 N–H and O–H groups in total. The molecule has 0 radical (unpaired) electrons. The van der Waals surface area contributed by atoms with Crippen molar-refractivity contribution < 1.29 is 44.3 Å². The van der Waals surface area contributed by atoms with Crippen LogP contribution in [0.2, 0.25) is 5.28 Å². The molecule has 0 aliphatic carbocycles. The zero-order valence-electron chi connectivity index (χ0n) is 32.0. The fourth-order valence-electron chi connectivity index (χ4n) is 5.74. The molecule has 1 heterocycles. The van der Waals surface area contributed by atoms with E-state index in [1.807, 2.05) is 0 Å². The minimum atomic E-state index is -4.98. The molecule has 0 spiro atoms. The van der Waals surface area contributed by atoms with Gasteiger partial charge in [0, 0.05) is 36.3 Å². The van der Waals surface area contributed by atoms with Gasteiger partial charge in [0.25, 0.3) is 20.2 Å². The number of sulfone groups is 1. The second-order valence-corrected chi connectivity index (χ2v) is 17.8. The number of rotatable bonds is 14. The SMILES string of the molecule is C=CS(=O)(=O)c1cccc(N(CC)c2nc(Cl)nc(Nc3ccc(N=Nc4ccc(N=Nc5c(N)ccc6cc(S(=O)(=O)O)cc(O)c56)c(S(=O)(=O)O)c4)c(NC(C)=O)c3)n2)c1. The maximum atomic E-state index is 12.5. The third-order valence-corrected chi connectivity index (χ3v) is 11.8. The maximum absolute atomic E-state index is 12.5. The number of nitrogens with one attached hydrogen (secondary N) is 2. The predicted octanol–water partition coefficient (Wildman–Crippen LogP) is 8.07. The van der Waals surface area contributed by atoms with E-state index in [4.69, 9.17) is 17.3 Å². The molecule has 0 unspecified atom stereocenters. The molecule has 0 aliphatic heterocycles. The Labute approximate surface area is 358 Å². The number of carbonyl (C=O) groups is 1. The first-order valence-corrected chi connectivity index (χ1v) is 22.3. The molecule has 6 aromatic rings. The highest BCUT2D eigenvalue weighted by atomic mass is 35.5. The number of nitrogens with two attached hydrogens (primary N) is 1. The van der Waals surface area contributed by atoms with Crippen LogP contribution in [0, 0.1) is 0 Å². The summed E-state index contributed by atoms with van der Waals surface area (Å²) in [6.45, 7) is 6.72. The van der Waals surface area contributed by atoms with Crippen molar-refractivity contribution >= 4 is 116 Å². The molecule has 0 fully saturated rings. The monoisotopic (exact) mass is 921 g/mol. The zero-order valence-corrected chi connectivity index (χ0v) is 35.2. The number of anilines is 6. The number of nitrogens with zero attached hydrogens (tertiary/aromatic N) is 8. The highest BCUT2D eigenvalue weighted by molar-refractivity contribution is 7.94. The molecule has 1 aromatic heterocycles. The lowest BCUT2D eigenvalue weighted by atomic mass is 10.1. The third kappa shape index (κ3) is 10.1. The van der Waals surface area contributed by atoms with E-state index in [0.29, 0.717) is 17.9 Å². The topological polar surface area (TPSA) is 322 Å². The van der Waals surface area contributed by atoms with Gasteiger partial charge in [0.1, 0.15) is 27.7 Å². The largest absolute Gasteiger partial charge is 0.507 e. The van der Waals surface area contributed by atoms with Gasteiger partial charge in [-0.05, 0) is 90.6 Å². The number of fused-ring (bicyclic) bond motifs is 1. The Morgan fingerprint density at radius 2 is 1.58 bits per heavy atom. The van der Waals surface area contributed by atoms with Crippen LogP contribution in [-0.4, -0.2) is 66.9 Å². The van der Waals surface area contributed by atoms with Crippen molar-refractivity contribution in [3.05, 3.63) is 102 Å². The smallest absolute Gasteiger partial charge is 0.296 e. The van der Waals surface area contributed by atoms with Crippen LogP contribution < -0.4 is 21.3 Å². The minimum absolute atomic E-state index is 0.0119. The number of halogens is 1. The molecule has 62 heavy (non-hydrogen) atoms. The molecule has 0 saturated carbocycles. The van der Waals surface area contributed by atoms with Gasteiger partial charge in [-0.2, -0.15) is 36.9 Å². The quantitative estimate of drug-likeness (QED) is 0.0342. The molecule has 0 bridgehead atoms. The Bertz CT molecular complexity index is 3210. The van der Waals surface area contributed by atoms with Crippen LogP contribution in [0.4, 0.5) is 57.4 Å². The average Bonchev–Trinajstić information content (AvgIpc) is 3.19. The first-order chi connectivity index (χ1) is 29.2. The van der Waals surface area contributed by atoms with Gasteiger partial charge in [0.15, 0.2) is 9.84 Å². The summed E-state index contributed by atoms with van der Waals surface area (Å²) >= 11 is 6.28. The van der Waals surface area contributed by atoms with Gasteiger partial charge < -0.3 is 26.4 Å². The average molecular weight is 922 g/mol. The van der Waals surface area contributed by atoms with Crippen molar-refractivity contribution in [3.63, 3.8) is 0 Å². The van der Waals surface area contributed by atoms with Crippen LogP contribution in [0.5, 0.6) is 5.75 Å². The number of hydrogen-bond donors (Lipinski definition) is 6. The Balaban J connectivity index is 1.29. The van der Waals surface area contributed by atoms with Crippen LogP contribution >= 0.6 is 11.6 Å². The molecule has 1 amide bonds. The van der Waals surface area contributed by atoms with E-state index < -0.39 is 51.5 Å². The molecule has 5 aromatic carbocycles. The van der Waals surface area contributed by atoms with Crippen molar-refractivity contribution in [2.24, 2.45) is 20.5 Å². The van der Waals surface area contributed by atoms with Gasteiger partial charge in [0.2, 0.25) is 23.1 Å². The summed E-state index contributed by atoms with van der Waals surface area (Å²) < 4.78 is 92.7. The molecule has 25 heteroatoms. The van der Waals surface area contributed by atoms with Crippen molar-refractivity contribution in [2.45, 2.75) is 28.5 Å². The van der Waals surface area contributed by atoms with Crippen LogP contribution in [-0.2, 0) is 34.9 Å². The number of benzene rings is 5. The summed E-state index contributed by atoms with van der Waals surface area (Å²) in [6.07, 6.45) is 0. The van der Waals surface area contributed by atoms with Crippen molar-refractivity contribution in [1.29, 1.82) is 0 Å². The highest BCUT2D eigenvalue weighted by Crippen LogP contribution is 2.41. The molecule has 320 valence electrons. The molecule has 0 aliphatic rings. The van der Waals surface area contributed by atoms with Crippen molar-refractivity contribution in [2.75, 3.05) is 27.8 Å². The number of hydrogen-bond acceptors (Lipinski definition) is 18. The van der Waals surface area contributed by atoms with Crippen LogP contribution in [0.3, 0.4) is 0 Å². The number of carbonyl (C=O) groups excluding carboxylic acids is 1. The summed E-state index contributed by atoms with van der Waals surface area (Å²) in [6, 6.07) is 18.4. The summed E-state index contributed by atoms with van der Waals surface area (Å²) in [4.78, 5) is 25.3. The van der Waals surface area contributed by atoms with E-state index in [2.05, 4.69) is 52.6 Å². The zero-order chi connectivity index (χ0) is 45.1. The number of nitrogen functional groups attached to an aromatic ring is 1. The predicted molar refractivity (Wildman–Crippen MR) is 230 cm³/mol. The number of aromatic hydroxyl groups is 1. The molecule has 6 rings (SSSR count). The lowest BCUT2D eigenvalue weighted by molar-refractivity contribution is -0.114. The number of aromatic nitrogens is 3. The summed E-state index contributed by atoms with van der Waals surface area (Å²) in [5.74, 6) is -1.04. The van der Waals surface area contributed by atoms with Crippen molar-refractivity contribution in [3.8, 4) is 5.75 Å². The molecular formula is C37H32ClN11O10S3. The Morgan fingerprint density at radius 3 is 2.26 bits per heavy atom. The van der Waals surface area contributed by atoms with Gasteiger partial charge in [-0.3, -0.25) is 13.9 Å². The number of phenolic OH excluding ortho intramolecular Hbond substituents is 1. The van der Waals surface area contributed by atoms with Gasteiger partial charge in [-0.15, -0.1) is 15.3 Å². The van der Waals surface area contributed by atoms with Gasteiger partial charge in [0.05, 0.1) is 32.2 Å². The second-order valence-electron chi connectivity index (χ2n) is 12.8. The molecular weight excluding hydrogens is 890 g/mol. The van der Waals surface area contributed by atoms with Crippen LogP contribution in [0.1, 0.15) is 13.8 Å². The Kier molecular flexibility index (Phi) is 12.6. The highest BCUT2D eigenvalue weighted by Gasteiger charge is 2.21. The van der Waals surface area contributed by atoms with Crippen LogP contribution in [0.15, 0.2) is 132 Å². The maximum Gasteiger partial charge on any atom is 0.296 e. The molecule has 0 atom stereocenters. The van der Waals surface area contributed by atoms with E-state index in [1.54, 1.807) is 24.0 Å². The summed E-state index contributed by atoms with van der Waals surface area (Å²) in [5, 5.41) is 33.0. The first-order valence-electron chi connectivity index (χ1n) is 17.5. The van der Waals surface area contributed by atoms with E-state index in [1.165, 1.54) is 55.5 Å². The first kappa shape index (κ1) is 44.6.